The van der Waals surface area contributed by atoms with Crippen LogP contribution < -0.4 is 5.32 Å². The van der Waals surface area contributed by atoms with Crippen LogP contribution in [0, 0.1) is 12.8 Å². The lowest BCUT2D eigenvalue weighted by atomic mass is 10.0. The highest BCUT2D eigenvalue weighted by Crippen LogP contribution is 2.36. The zero-order valence-electron chi connectivity index (χ0n) is 12.8. The molecule has 24 heavy (non-hydrogen) atoms. The molecule has 2 heterocycles. The van der Waals surface area contributed by atoms with E-state index < -0.39 is 12.1 Å². The zero-order valence-corrected chi connectivity index (χ0v) is 14.5. The summed E-state index contributed by atoms with van der Waals surface area (Å²) in [6.45, 7) is 2.04. The second kappa shape index (κ2) is 6.45. The lowest BCUT2D eigenvalue weighted by Crippen LogP contribution is -2.14. The first-order valence-electron chi connectivity index (χ1n) is 7.38. The van der Waals surface area contributed by atoms with Crippen molar-refractivity contribution in [2.75, 3.05) is 5.32 Å². The Bertz CT molecular complexity index is 914. The number of pyridine rings is 1. The number of hydrogen-bond donors (Lipinski definition) is 1. The minimum Gasteiger partial charge on any atom is -0.302 e. The first kappa shape index (κ1) is 16.8. The van der Waals surface area contributed by atoms with Crippen molar-refractivity contribution >= 4 is 45.0 Å². The van der Waals surface area contributed by atoms with E-state index in [1.807, 2.05) is 37.4 Å². The maximum absolute atomic E-state index is 12.9. The fourth-order valence-electron chi connectivity index (χ4n) is 2.55. The third-order valence-electron chi connectivity index (χ3n) is 4.02. The molecular formula is C17H15ClFN3OS. The van der Waals surface area contributed by atoms with E-state index in [9.17, 15) is 9.18 Å². The second-order valence-corrected chi connectivity index (χ2v) is 6.77. The first-order valence-corrected chi connectivity index (χ1v) is 8.20. The molecule has 1 aromatic carbocycles. The number of rotatable bonds is 3. The van der Waals surface area contributed by atoms with Gasteiger partial charge in [0.15, 0.2) is 5.13 Å². The average Bonchev–Trinajstić information content (AvgIpc) is 3.13. The van der Waals surface area contributed by atoms with E-state index in [0.717, 1.165) is 26.9 Å². The molecule has 1 unspecified atom stereocenters. The monoisotopic (exact) mass is 363 g/mol. The van der Waals surface area contributed by atoms with Gasteiger partial charge < -0.3 is 5.32 Å². The highest BCUT2D eigenvalue weighted by atomic mass is 35.5. The molecule has 0 radical (unpaired) electrons. The molecule has 1 aliphatic carbocycles. The van der Waals surface area contributed by atoms with Gasteiger partial charge in [-0.25, -0.2) is 9.37 Å². The van der Waals surface area contributed by atoms with Crippen LogP contribution in [0.25, 0.3) is 21.3 Å². The molecule has 0 spiro atoms. The first-order chi connectivity index (χ1) is 11.1. The number of hydrogen-bond acceptors (Lipinski definition) is 4. The summed E-state index contributed by atoms with van der Waals surface area (Å²) in [5.41, 5.74) is 4.12. The predicted octanol–water partition coefficient (Wildman–Crippen LogP) is 4.39. The predicted molar refractivity (Wildman–Crippen MR) is 96.5 cm³/mol. The third kappa shape index (κ3) is 3.12. The number of nitrogens with zero attached hydrogens (tertiary/aromatic N) is 2. The standard InChI is InChI=1S/C17H14FN3OS.ClH/c1-9-4-5-19-8-12(9)10-2-3-14-15(6-10)23-17(20-14)21-16(22)11-7-13(11)18;/h2-6,8,11,13H,7H2,1H3,(H,20,21,22);1H/t11-,13?;/m1./s1. The van der Waals surface area contributed by atoms with E-state index >= 15 is 0 Å². The van der Waals surface area contributed by atoms with Crippen LogP contribution >= 0.6 is 23.7 Å². The summed E-state index contributed by atoms with van der Waals surface area (Å²) in [5, 5.41) is 3.23. The Kier molecular flexibility index (Phi) is 4.51. The molecule has 1 aliphatic rings. The van der Waals surface area contributed by atoms with Gasteiger partial charge in [0.05, 0.1) is 16.1 Å². The van der Waals surface area contributed by atoms with Gasteiger partial charge in [-0.15, -0.1) is 12.4 Å². The van der Waals surface area contributed by atoms with Gasteiger partial charge in [-0.1, -0.05) is 17.4 Å². The molecule has 4 nitrogen and oxygen atoms in total. The molecule has 3 aromatic rings. The SMILES string of the molecule is Cc1ccncc1-c1ccc2nc(NC(=O)[C@@H]3CC3F)sc2c1.Cl. The number of amides is 1. The lowest BCUT2D eigenvalue weighted by Gasteiger charge is -2.04. The van der Waals surface area contributed by atoms with E-state index in [-0.39, 0.29) is 18.3 Å². The van der Waals surface area contributed by atoms with Gasteiger partial charge in [0, 0.05) is 18.0 Å². The Balaban J connectivity index is 0.00000169. The van der Waals surface area contributed by atoms with Gasteiger partial charge >= 0.3 is 0 Å². The van der Waals surface area contributed by atoms with Crippen LogP contribution in [0.4, 0.5) is 9.52 Å². The number of thiazole rings is 1. The van der Waals surface area contributed by atoms with Crippen LogP contribution in [0.1, 0.15) is 12.0 Å². The average molecular weight is 364 g/mol. The van der Waals surface area contributed by atoms with Gasteiger partial charge in [-0.2, -0.15) is 0 Å². The quantitative estimate of drug-likeness (QED) is 0.751. The number of carbonyl (C=O) groups excluding carboxylic acids is 1. The van der Waals surface area contributed by atoms with Crippen molar-refractivity contribution in [1.29, 1.82) is 0 Å². The Morgan fingerprint density at radius 1 is 1.38 bits per heavy atom. The summed E-state index contributed by atoms with van der Waals surface area (Å²) in [6, 6.07) is 7.94. The molecule has 0 aliphatic heterocycles. The minimum absolute atomic E-state index is 0. The number of benzene rings is 1. The number of halogens is 2. The fourth-order valence-corrected chi connectivity index (χ4v) is 3.45. The number of alkyl halides is 1. The van der Waals surface area contributed by atoms with Crippen LogP contribution in [0.5, 0.6) is 0 Å². The van der Waals surface area contributed by atoms with Gasteiger partial charge in [-0.05, 0) is 42.7 Å². The van der Waals surface area contributed by atoms with Crippen molar-refractivity contribution in [2.45, 2.75) is 19.5 Å². The number of fused-ring (bicyclic) bond motifs is 1. The van der Waals surface area contributed by atoms with Crippen molar-refractivity contribution < 1.29 is 9.18 Å². The molecule has 1 amide bonds. The summed E-state index contributed by atoms with van der Waals surface area (Å²) < 4.78 is 13.9. The van der Waals surface area contributed by atoms with Gasteiger partial charge in [0.25, 0.3) is 0 Å². The van der Waals surface area contributed by atoms with Crippen LogP contribution in [-0.2, 0) is 4.79 Å². The summed E-state index contributed by atoms with van der Waals surface area (Å²) >= 11 is 1.40. The van der Waals surface area contributed by atoms with Crippen molar-refractivity contribution in [1.82, 2.24) is 9.97 Å². The number of carbonyl (C=O) groups is 1. The van der Waals surface area contributed by atoms with Crippen LogP contribution in [0.2, 0.25) is 0 Å². The molecule has 1 saturated carbocycles. The Morgan fingerprint density at radius 2 is 2.17 bits per heavy atom. The van der Waals surface area contributed by atoms with E-state index in [0.29, 0.717) is 11.6 Å². The molecule has 2 aromatic heterocycles. The minimum atomic E-state index is -0.996. The van der Waals surface area contributed by atoms with Crippen molar-refractivity contribution in [3.63, 3.8) is 0 Å². The molecule has 1 fully saturated rings. The number of aryl methyl sites for hydroxylation is 1. The highest BCUT2D eigenvalue weighted by Gasteiger charge is 2.43. The number of anilines is 1. The molecule has 7 heteroatoms. The van der Waals surface area contributed by atoms with E-state index in [2.05, 4.69) is 15.3 Å². The number of aromatic nitrogens is 2. The lowest BCUT2D eigenvalue weighted by molar-refractivity contribution is -0.117. The topological polar surface area (TPSA) is 54.9 Å². The highest BCUT2D eigenvalue weighted by molar-refractivity contribution is 7.22. The molecular weight excluding hydrogens is 349 g/mol. The third-order valence-corrected chi connectivity index (χ3v) is 4.95. The van der Waals surface area contributed by atoms with Gasteiger partial charge in [0.2, 0.25) is 5.91 Å². The Morgan fingerprint density at radius 3 is 2.88 bits per heavy atom. The van der Waals surface area contributed by atoms with E-state index in [4.69, 9.17) is 0 Å². The van der Waals surface area contributed by atoms with Crippen LogP contribution in [-0.4, -0.2) is 22.0 Å². The van der Waals surface area contributed by atoms with Gasteiger partial charge in [0.1, 0.15) is 6.17 Å². The summed E-state index contributed by atoms with van der Waals surface area (Å²) in [4.78, 5) is 20.4. The Hall–Kier alpha value is -2.05. The molecule has 124 valence electrons. The normalized spacial score (nSPS) is 18.9. The van der Waals surface area contributed by atoms with E-state index in [1.165, 1.54) is 11.3 Å². The largest absolute Gasteiger partial charge is 0.302 e. The Labute approximate surface area is 148 Å². The van der Waals surface area contributed by atoms with Crippen LogP contribution in [0.3, 0.4) is 0 Å². The fraction of sp³-hybridized carbons (Fsp3) is 0.235. The molecule has 2 atom stereocenters. The van der Waals surface area contributed by atoms with Crippen molar-refractivity contribution in [3.05, 3.63) is 42.2 Å². The van der Waals surface area contributed by atoms with Crippen LogP contribution in [0.15, 0.2) is 36.7 Å². The molecule has 0 bridgehead atoms. The summed E-state index contributed by atoms with van der Waals surface area (Å²) in [7, 11) is 0. The van der Waals surface area contributed by atoms with Crippen molar-refractivity contribution in [3.8, 4) is 11.1 Å². The zero-order chi connectivity index (χ0) is 16.0. The maximum Gasteiger partial charge on any atom is 0.232 e. The second-order valence-electron chi connectivity index (χ2n) is 5.74. The summed E-state index contributed by atoms with van der Waals surface area (Å²) in [5.74, 6) is -0.782. The molecule has 4 rings (SSSR count). The molecule has 0 saturated heterocycles. The maximum atomic E-state index is 12.9. The smallest absolute Gasteiger partial charge is 0.232 e. The van der Waals surface area contributed by atoms with Gasteiger partial charge in [-0.3, -0.25) is 9.78 Å². The summed E-state index contributed by atoms with van der Waals surface area (Å²) in [6.07, 6.45) is 2.94. The molecule has 1 N–H and O–H groups in total. The van der Waals surface area contributed by atoms with Crippen molar-refractivity contribution in [2.24, 2.45) is 5.92 Å². The number of nitrogens with one attached hydrogen (secondary N) is 1. The van der Waals surface area contributed by atoms with E-state index in [1.54, 1.807) is 6.20 Å².